The van der Waals surface area contributed by atoms with Gasteiger partial charge in [-0.15, -0.1) is 0 Å². The third kappa shape index (κ3) is 30.8. The Morgan fingerprint density at radius 1 is 0.169 bits per heavy atom. The van der Waals surface area contributed by atoms with Crippen molar-refractivity contribution in [1.82, 2.24) is 84.7 Å². The van der Waals surface area contributed by atoms with Crippen LogP contribution in [0.4, 0.5) is 175 Å². The number of methoxy groups -OCH3 is 1. The molecule has 702 valence electrons. The normalized spacial score (nSPS) is 10.3. The van der Waals surface area contributed by atoms with Crippen LogP contribution in [0.5, 0.6) is 5.75 Å². The molecule has 142 heavy (non-hydrogen) atoms. The Morgan fingerprint density at radius 3 is 0.676 bits per heavy atom. The van der Waals surface area contributed by atoms with Crippen molar-refractivity contribution < 1.29 is 4.74 Å². The van der Waals surface area contributed by atoms with Crippen molar-refractivity contribution in [1.29, 1.82) is 0 Å². The minimum Gasteiger partial charge on any atom is -0.497 e. The summed E-state index contributed by atoms with van der Waals surface area (Å²) < 4.78 is 5.28. The highest BCUT2D eigenvalue weighted by atomic mass is 16.5. The molecule has 13 aromatic carbocycles. The monoisotopic (exact) mass is 1870 g/mol. The molecule has 0 fully saturated rings. The Bertz CT molecular complexity index is 6830. The van der Waals surface area contributed by atoms with Crippen LogP contribution in [-0.4, -0.2) is 91.8 Å². The number of hydrogen-bond donors (Lipinski definition) is 15. The highest BCUT2D eigenvalue weighted by Gasteiger charge is 2.17. The molecule has 20 aromatic rings. The number of nitrogens with zero attached hydrogens (tertiary/aromatic N) is 17. The number of anilines is 30. The fourth-order valence-electron chi connectivity index (χ4n) is 13.3. The van der Waals surface area contributed by atoms with Crippen LogP contribution in [0.15, 0.2) is 407 Å². The second kappa shape index (κ2) is 49.3. The lowest BCUT2D eigenvalue weighted by atomic mass is 10.2. The van der Waals surface area contributed by atoms with Crippen molar-refractivity contribution in [3.05, 3.63) is 435 Å². The summed E-state index contributed by atoms with van der Waals surface area (Å²) >= 11 is 0. The van der Waals surface area contributed by atoms with Crippen LogP contribution in [0.2, 0.25) is 0 Å². The van der Waals surface area contributed by atoms with E-state index in [1.54, 1.807) is 25.7 Å². The van der Waals surface area contributed by atoms with Crippen LogP contribution in [0.1, 0.15) is 27.8 Å². The highest BCUT2D eigenvalue weighted by molar-refractivity contribution is 5.70. The van der Waals surface area contributed by atoms with Crippen molar-refractivity contribution in [2.24, 2.45) is 0 Å². The predicted octanol–water partition coefficient (Wildman–Crippen LogP) is 25.9. The van der Waals surface area contributed by atoms with E-state index in [2.05, 4.69) is 178 Å². The first-order valence-corrected chi connectivity index (χ1v) is 45.2. The van der Waals surface area contributed by atoms with Gasteiger partial charge in [0.15, 0.2) is 0 Å². The fraction of sp³-hybridized carbons (Fsp3) is 0.0550. The summed E-state index contributed by atoms with van der Waals surface area (Å²) in [6, 6.07) is 125. The van der Waals surface area contributed by atoms with Gasteiger partial charge in [0.1, 0.15) is 11.6 Å². The van der Waals surface area contributed by atoms with Gasteiger partial charge >= 0.3 is 0 Å². The zero-order valence-electron chi connectivity index (χ0n) is 78.2. The summed E-state index contributed by atoms with van der Waals surface area (Å²) in [6.07, 6.45) is 5.11. The first-order valence-electron chi connectivity index (χ1n) is 45.2. The first-order chi connectivity index (χ1) is 69.7. The third-order valence-corrected chi connectivity index (χ3v) is 20.1. The minimum atomic E-state index is 0.389. The minimum absolute atomic E-state index is 0.389. The Balaban J connectivity index is 0.000000128. The van der Waals surface area contributed by atoms with Crippen LogP contribution in [-0.2, 0) is 0 Å². The molecular formula is C109H100N32O. The molecule has 0 aliphatic rings. The van der Waals surface area contributed by atoms with Crippen LogP contribution in [0.25, 0.3) is 0 Å². The molecule has 0 saturated carbocycles. The van der Waals surface area contributed by atoms with Gasteiger partial charge in [-0.2, -0.15) is 74.8 Å². The van der Waals surface area contributed by atoms with Gasteiger partial charge in [0.25, 0.3) is 0 Å². The summed E-state index contributed by atoms with van der Waals surface area (Å²) in [4.78, 5) is 75.7. The lowest BCUT2D eigenvalue weighted by Gasteiger charge is -2.13. The molecule has 0 aliphatic heterocycles. The average molecular weight is 1870 g/mol. The molecule has 0 unspecified atom stereocenters. The molecule has 0 atom stereocenters. The number of hydrogen-bond acceptors (Lipinski definition) is 33. The van der Waals surface area contributed by atoms with E-state index in [0.29, 0.717) is 95.0 Å². The van der Waals surface area contributed by atoms with Crippen LogP contribution in [0.3, 0.4) is 0 Å². The molecule has 15 N–H and O–H groups in total. The Labute approximate surface area is 821 Å². The number of pyridine rings is 2. The molecule has 20 rings (SSSR count). The van der Waals surface area contributed by atoms with E-state index in [1.807, 2.05) is 409 Å². The second-order valence-electron chi connectivity index (χ2n) is 31.4. The van der Waals surface area contributed by atoms with Crippen molar-refractivity contribution in [2.75, 3.05) is 86.9 Å². The largest absolute Gasteiger partial charge is 0.497 e. The summed E-state index contributed by atoms with van der Waals surface area (Å²) in [6.45, 7) is 10.2. The van der Waals surface area contributed by atoms with Gasteiger partial charge in [-0.25, -0.2) is 4.98 Å². The summed E-state index contributed by atoms with van der Waals surface area (Å²) in [5.74, 6) is 7.94. The van der Waals surface area contributed by atoms with Crippen LogP contribution < -0.4 is 84.5 Å². The molecule has 0 aliphatic carbocycles. The maximum Gasteiger partial charge on any atom is 0.235 e. The average Bonchev–Trinajstić information content (AvgIpc) is 0.843. The number of ether oxygens (including phenoxy) is 1. The van der Waals surface area contributed by atoms with Crippen LogP contribution in [0, 0.1) is 34.6 Å². The lowest BCUT2D eigenvalue weighted by Crippen LogP contribution is -2.07. The molecular weight excluding hydrogens is 1770 g/mol. The fourth-order valence-corrected chi connectivity index (χ4v) is 13.3. The molecule has 0 amide bonds. The van der Waals surface area contributed by atoms with E-state index in [0.717, 1.165) is 102 Å². The zero-order valence-corrected chi connectivity index (χ0v) is 78.2. The van der Waals surface area contributed by atoms with Gasteiger partial charge in [0.05, 0.1) is 7.11 Å². The van der Waals surface area contributed by atoms with Crippen molar-refractivity contribution >= 4 is 175 Å². The Kier molecular flexibility index (Phi) is 33.0. The van der Waals surface area contributed by atoms with Gasteiger partial charge in [-0.1, -0.05) is 217 Å². The Hall–Kier alpha value is -20.0. The highest BCUT2D eigenvalue weighted by Crippen LogP contribution is 2.31. The Morgan fingerprint density at radius 2 is 0.401 bits per heavy atom. The maximum absolute atomic E-state index is 5.28. The standard InChI is InChI=1S/C24H24N6.C23H22N6.C22H20N6O.2C20H17N7/c1-16-11-13-19(14-12-16)25-22-28-23(26-20-9-6-7-17(2)15-20)30-24(29-22)27-21-10-5-4-8-18(21)3;1-16-11-13-19(14-12-16)25-22-27-21(24-18-8-4-3-5-9-18)28-23(29-22)26-20-10-6-7-17(2)15-20;1-29-19-14-8-13-18(15-19)25-22-27-20(23-16-9-4-2-5-10-16)26-21(28-22)24-17-11-6-3-7-12-17;1-3-9-15(10-4-1)22-18-25-19(23-16-11-5-2-6-12-16)27-20(26-18)24-17-13-7-8-14-21-17;1-3-7-15(8-4-1)22-18-25-19(23-16-9-5-2-6-10-16)27-20(26-18)24-17-11-13-21-14-12-17/h4-15H,1-3H3,(H3,25,26,27,28,29,30);3-15H,1-2H3,(H3,24,25,26,27,28,29);2-15H,1H3,(H3,23,24,25,26,27,28);2*1-14H,(H3,21,22,23,24,25,26,27). The maximum atomic E-state index is 5.28. The quantitative estimate of drug-likeness (QED) is 0.0192. The van der Waals surface area contributed by atoms with Gasteiger partial charge in [-0.05, 0) is 227 Å². The molecule has 0 radical (unpaired) electrons. The second-order valence-corrected chi connectivity index (χ2v) is 31.4. The molecule has 0 spiro atoms. The molecule has 7 heterocycles. The van der Waals surface area contributed by atoms with Gasteiger partial charge in [0, 0.05) is 104 Å². The number of aryl methyl sites for hydroxylation is 5. The number of rotatable bonds is 31. The number of aromatic nitrogens is 17. The predicted molar refractivity (Wildman–Crippen MR) is 571 cm³/mol. The summed E-state index contributed by atoms with van der Waals surface area (Å²) in [5, 5.41) is 48.3. The van der Waals surface area contributed by atoms with Crippen molar-refractivity contribution in [3.8, 4) is 5.75 Å². The van der Waals surface area contributed by atoms with Crippen molar-refractivity contribution in [3.63, 3.8) is 0 Å². The number of nitrogens with one attached hydrogen (secondary N) is 15. The van der Waals surface area contributed by atoms with E-state index in [9.17, 15) is 0 Å². The van der Waals surface area contributed by atoms with Gasteiger partial charge in [-0.3, -0.25) is 4.98 Å². The van der Waals surface area contributed by atoms with Gasteiger partial charge < -0.3 is 84.5 Å². The molecule has 0 bridgehead atoms. The number of benzene rings is 13. The SMILES string of the molecule is COc1cccc(Nc2nc(Nc3ccccc3)nc(Nc3ccccc3)n2)c1.Cc1ccc(Nc2nc(Nc3cccc(C)c3)nc(Nc3ccccc3C)n2)cc1.Cc1ccc(Nc2nc(Nc3ccccc3)nc(Nc3cccc(C)c3)n2)cc1.c1ccc(Nc2nc(Nc3ccccc3)nc(Nc3ccccn3)n2)cc1.c1ccc(Nc2nc(Nc3ccccc3)nc(Nc3ccncc3)n2)cc1. The van der Waals surface area contributed by atoms with Crippen LogP contribution >= 0.6 is 0 Å². The third-order valence-electron chi connectivity index (χ3n) is 20.1. The van der Waals surface area contributed by atoms with E-state index >= 15 is 0 Å². The van der Waals surface area contributed by atoms with E-state index in [4.69, 9.17) is 4.74 Å². The van der Waals surface area contributed by atoms with E-state index < -0.39 is 0 Å². The lowest BCUT2D eigenvalue weighted by molar-refractivity contribution is 0.415. The molecule has 33 nitrogen and oxygen atoms in total. The first kappa shape index (κ1) is 95.2. The van der Waals surface area contributed by atoms with E-state index in [1.165, 1.54) is 11.1 Å². The number of para-hydroxylation sites is 8. The molecule has 33 heteroatoms. The molecule has 0 saturated heterocycles. The summed E-state index contributed by atoms with van der Waals surface area (Å²) in [5.41, 5.74) is 18.3. The zero-order chi connectivity index (χ0) is 97.5. The summed E-state index contributed by atoms with van der Waals surface area (Å²) in [7, 11) is 1.63. The smallest absolute Gasteiger partial charge is 0.235 e. The van der Waals surface area contributed by atoms with E-state index in [-0.39, 0.29) is 0 Å². The van der Waals surface area contributed by atoms with Crippen molar-refractivity contribution in [2.45, 2.75) is 34.6 Å². The topological polar surface area (TPSA) is 409 Å². The molecule has 7 aromatic heterocycles. The van der Waals surface area contributed by atoms with Gasteiger partial charge in [0.2, 0.25) is 89.2 Å².